The molecule has 136 valence electrons. The highest BCUT2D eigenvalue weighted by Crippen LogP contribution is 2.34. The summed E-state index contributed by atoms with van der Waals surface area (Å²) in [7, 11) is 1.54. The highest BCUT2D eigenvalue weighted by atomic mass is 32.1. The third kappa shape index (κ3) is 4.37. The predicted molar refractivity (Wildman–Crippen MR) is 82.7 cm³/mol. The van der Waals surface area contributed by atoms with Crippen LogP contribution in [0.25, 0.3) is 10.7 Å². The number of thiophene rings is 1. The molecular weight excluding hydrogens is 359 g/mol. The largest absolute Gasteiger partial charge is 0.471 e. The van der Waals surface area contributed by atoms with Gasteiger partial charge in [0.1, 0.15) is 0 Å². The Hall–Kier alpha value is -1.94. The van der Waals surface area contributed by atoms with E-state index in [0.717, 1.165) is 17.7 Å². The van der Waals surface area contributed by atoms with Gasteiger partial charge in [-0.25, -0.2) is 0 Å². The molecular formula is C15H16F3N3O3S. The van der Waals surface area contributed by atoms with Gasteiger partial charge < -0.3 is 14.2 Å². The summed E-state index contributed by atoms with van der Waals surface area (Å²) in [4.78, 5) is 18.8. The molecule has 0 unspecified atom stereocenters. The normalized spacial score (nSPS) is 14.7. The molecule has 1 saturated carbocycles. The third-order valence-corrected chi connectivity index (χ3v) is 4.77. The molecule has 1 amide bonds. The Morgan fingerprint density at radius 2 is 2.20 bits per heavy atom. The van der Waals surface area contributed by atoms with Gasteiger partial charge in [0.25, 0.3) is 0 Å². The lowest BCUT2D eigenvalue weighted by Crippen LogP contribution is -2.32. The Morgan fingerprint density at radius 3 is 2.80 bits per heavy atom. The van der Waals surface area contributed by atoms with E-state index in [-0.39, 0.29) is 17.8 Å². The summed E-state index contributed by atoms with van der Waals surface area (Å²) >= 11 is 1.25. The number of hydrogen-bond donors (Lipinski definition) is 0. The number of amides is 1. The highest BCUT2D eigenvalue weighted by molar-refractivity contribution is 7.15. The molecule has 3 rings (SSSR count). The second kappa shape index (κ2) is 7.12. The van der Waals surface area contributed by atoms with Gasteiger partial charge in [0.15, 0.2) is 0 Å². The fraction of sp³-hybridized carbons (Fsp3) is 0.533. The molecule has 0 aliphatic heterocycles. The van der Waals surface area contributed by atoms with E-state index < -0.39 is 12.1 Å². The molecule has 1 aliphatic rings. The van der Waals surface area contributed by atoms with Gasteiger partial charge in [-0.15, -0.1) is 11.3 Å². The minimum atomic E-state index is -4.66. The molecule has 2 heterocycles. The van der Waals surface area contributed by atoms with E-state index in [1.807, 2.05) is 0 Å². The number of halogens is 3. The van der Waals surface area contributed by atoms with Gasteiger partial charge in [-0.1, -0.05) is 5.16 Å². The first-order valence-electron chi connectivity index (χ1n) is 7.67. The maximum absolute atomic E-state index is 12.5. The number of carbonyl (C=O) groups excluding carboxylic acids is 1. The van der Waals surface area contributed by atoms with Crippen molar-refractivity contribution in [3.05, 3.63) is 22.9 Å². The Bertz CT molecular complexity index is 740. The molecule has 0 saturated heterocycles. The molecule has 0 aromatic carbocycles. The van der Waals surface area contributed by atoms with E-state index in [4.69, 9.17) is 4.74 Å². The molecule has 2 aromatic heterocycles. The third-order valence-electron chi connectivity index (χ3n) is 3.70. The first kappa shape index (κ1) is 17.9. The van der Waals surface area contributed by atoms with Crippen LogP contribution in [0, 0.1) is 0 Å². The predicted octanol–water partition coefficient (Wildman–Crippen LogP) is 3.34. The number of hydrogen-bond acceptors (Lipinski definition) is 6. The Labute approximate surface area is 145 Å². The van der Waals surface area contributed by atoms with Crippen LogP contribution in [0.2, 0.25) is 0 Å². The maximum atomic E-state index is 12.5. The molecule has 10 heteroatoms. The van der Waals surface area contributed by atoms with Crippen LogP contribution in [-0.2, 0) is 22.3 Å². The Balaban J connectivity index is 1.70. The molecule has 25 heavy (non-hydrogen) atoms. The molecule has 1 fully saturated rings. The zero-order valence-electron chi connectivity index (χ0n) is 13.4. The summed E-state index contributed by atoms with van der Waals surface area (Å²) in [6.07, 6.45) is -2.42. The topological polar surface area (TPSA) is 68.5 Å². The van der Waals surface area contributed by atoms with Crippen molar-refractivity contribution in [1.82, 2.24) is 15.0 Å². The zero-order valence-corrected chi connectivity index (χ0v) is 14.2. The lowest BCUT2D eigenvalue weighted by molar-refractivity contribution is -0.159. The van der Waals surface area contributed by atoms with Crippen LogP contribution < -0.4 is 0 Å². The van der Waals surface area contributed by atoms with E-state index in [0.29, 0.717) is 24.4 Å². The van der Waals surface area contributed by atoms with Crippen LogP contribution in [0.15, 0.2) is 16.7 Å². The number of alkyl halides is 3. The van der Waals surface area contributed by atoms with Gasteiger partial charge in [0.05, 0.1) is 24.4 Å². The van der Waals surface area contributed by atoms with Crippen LogP contribution >= 0.6 is 11.3 Å². The number of nitrogens with zero attached hydrogens (tertiary/aromatic N) is 3. The summed E-state index contributed by atoms with van der Waals surface area (Å²) in [6, 6.07) is 3.63. The molecule has 0 N–H and O–H groups in total. The first-order chi connectivity index (χ1) is 11.9. The van der Waals surface area contributed by atoms with E-state index in [9.17, 15) is 18.0 Å². The van der Waals surface area contributed by atoms with Gasteiger partial charge in [-0.3, -0.25) is 4.79 Å². The van der Waals surface area contributed by atoms with Gasteiger partial charge in [0, 0.05) is 18.0 Å². The quantitative estimate of drug-likeness (QED) is 0.742. The van der Waals surface area contributed by atoms with Crippen LogP contribution in [0.3, 0.4) is 0 Å². The molecule has 0 atom stereocenters. The number of carbonyl (C=O) groups is 1. The van der Waals surface area contributed by atoms with Crippen molar-refractivity contribution in [3.8, 4) is 10.7 Å². The molecule has 0 bridgehead atoms. The monoisotopic (exact) mass is 375 g/mol. The molecule has 0 spiro atoms. The first-order valence-corrected chi connectivity index (χ1v) is 8.48. The van der Waals surface area contributed by atoms with Crippen LogP contribution in [0.4, 0.5) is 13.2 Å². The number of methoxy groups -OCH3 is 1. The minimum Gasteiger partial charge on any atom is -0.384 e. The zero-order chi connectivity index (χ0) is 18.0. The summed E-state index contributed by atoms with van der Waals surface area (Å²) in [6.45, 7) is 0.780. The van der Waals surface area contributed by atoms with Crippen LogP contribution in [-0.4, -0.2) is 40.7 Å². The van der Waals surface area contributed by atoms with Crippen LogP contribution in [0.1, 0.15) is 30.0 Å². The SMILES string of the molecule is COCCC(=O)N(Cc1ccc(-c2noc(C(F)(F)F)n2)s1)C1CC1. The average Bonchev–Trinajstić information content (AvgIpc) is 3.08. The van der Waals surface area contributed by atoms with E-state index in [1.54, 1.807) is 24.1 Å². The summed E-state index contributed by atoms with van der Waals surface area (Å²) in [5.41, 5.74) is 0. The van der Waals surface area contributed by atoms with E-state index >= 15 is 0 Å². The standard InChI is InChI=1S/C15H16F3N3O3S/c1-23-7-6-12(22)21(9-2-3-9)8-10-4-5-11(25-10)13-19-14(24-20-13)15(16,17)18/h4-5,9H,2-3,6-8H2,1H3. The van der Waals surface area contributed by atoms with E-state index in [2.05, 4.69) is 14.7 Å². The molecule has 0 radical (unpaired) electrons. The van der Waals surface area contributed by atoms with Crippen molar-refractivity contribution in [3.63, 3.8) is 0 Å². The van der Waals surface area contributed by atoms with Crippen LogP contribution in [0.5, 0.6) is 0 Å². The maximum Gasteiger partial charge on any atom is 0.471 e. The summed E-state index contributed by atoms with van der Waals surface area (Å²) in [5, 5.41) is 3.38. The van der Waals surface area contributed by atoms with Crippen molar-refractivity contribution in [2.24, 2.45) is 0 Å². The molecule has 1 aliphatic carbocycles. The van der Waals surface area contributed by atoms with Gasteiger partial charge in [-0.05, 0) is 25.0 Å². The number of rotatable bonds is 7. The second-order valence-electron chi connectivity index (χ2n) is 5.68. The van der Waals surface area contributed by atoms with Gasteiger partial charge >= 0.3 is 12.1 Å². The fourth-order valence-corrected chi connectivity index (χ4v) is 3.26. The highest BCUT2D eigenvalue weighted by Gasteiger charge is 2.38. The lowest BCUT2D eigenvalue weighted by Gasteiger charge is -2.21. The Kier molecular flexibility index (Phi) is 5.09. The van der Waals surface area contributed by atoms with Crippen molar-refractivity contribution in [2.45, 2.75) is 38.0 Å². The molecule has 2 aromatic rings. The second-order valence-corrected chi connectivity index (χ2v) is 6.85. The summed E-state index contributed by atoms with van der Waals surface area (Å²) < 4.78 is 46.8. The van der Waals surface area contributed by atoms with Crippen molar-refractivity contribution in [2.75, 3.05) is 13.7 Å². The van der Waals surface area contributed by atoms with Crippen molar-refractivity contribution < 1.29 is 27.2 Å². The van der Waals surface area contributed by atoms with Gasteiger partial charge in [-0.2, -0.15) is 18.2 Å². The number of aromatic nitrogens is 2. The lowest BCUT2D eigenvalue weighted by atomic mass is 10.3. The van der Waals surface area contributed by atoms with Crippen molar-refractivity contribution in [1.29, 1.82) is 0 Å². The average molecular weight is 375 g/mol. The fourth-order valence-electron chi connectivity index (χ4n) is 2.33. The number of ether oxygens (including phenoxy) is 1. The van der Waals surface area contributed by atoms with Gasteiger partial charge in [0.2, 0.25) is 11.7 Å². The smallest absolute Gasteiger partial charge is 0.384 e. The molecule has 6 nitrogen and oxygen atoms in total. The van der Waals surface area contributed by atoms with Crippen molar-refractivity contribution >= 4 is 17.2 Å². The summed E-state index contributed by atoms with van der Waals surface area (Å²) in [5.74, 6) is -1.46. The van der Waals surface area contributed by atoms with E-state index in [1.165, 1.54) is 11.3 Å². The Morgan fingerprint density at radius 1 is 1.44 bits per heavy atom. The minimum absolute atomic E-state index is 0.0122.